The molecule has 0 aliphatic heterocycles. The van der Waals surface area contributed by atoms with E-state index in [1.807, 2.05) is 0 Å². The maximum atomic E-state index is 2.34. The molecule has 1 nitrogen and oxygen atoms in total. The molecule has 0 unspecified atom stereocenters. The molecule has 1 heteroatoms. The monoisotopic (exact) mass is 665 g/mol. The van der Waals surface area contributed by atoms with Gasteiger partial charge in [0.05, 0.1) is 0 Å². The molecule has 0 saturated heterocycles. The van der Waals surface area contributed by atoms with E-state index in [1.54, 1.807) is 0 Å². The number of nitrogens with zero attached hydrogens (tertiary/aromatic N) is 1. The minimum absolute atomic E-state index is 0.00856. The Morgan fingerprint density at radius 1 is 0.288 bits per heavy atom. The fraction of sp³-hybridized carbons (Fsp3) is 0.0588. The van der Waals surface area contributed by atoms with Gasteiger partial charge in [0, 0.05) is 22.5 Å². The smallest absolute Gasteiger partial charge is 0.0462 e. The SMILES string of the molecule is CC1(C)c2ccccc2-c2c(-c3ccc(-c4ccc(N(c5ccc(-c6ccccc6)cc5)c5ccc(-c6ccccc6)cc5)cc4)cc3)cccc21. The third kappa shape index (κ3) is 5.61. The molecule has 0 amide bonds. The summed E-state index contributed by atoms with van der Waals surface area (Å²) in [5.41, 5.74) is 18.6. The van der Waals surface area contributed by atoms with E-state index in [4.69, 9.17) is 0 Å². The lowest BCUT2D eigenvalue weighted by atomic mass is 9.82. The van der Waals surface area contributed by atoms with E-state index in [2.05, 4.69) is 219 Å². The van der Waals surface area contributed by atoms with E-state index in [-0.39, 0.29) is 5.41 Å². The maximum Gasteiger partial charge on any atom is 0.0462 e. The Hall–Kier alpha value is -6.44. The van der Waals surface area contributed by atoms with Gasteiger partial charge in [0.25, 0.3) is 0 Å². The first-order valence-electron chi connectivity index (χ1n) is 18.1. The Kier molecular flexibility index (Phi) is 7.90. The largest absolute Gasteiger partial charge is 0.311 e. The molecule has 0 bridgehead atoms. The van der Waals surface area contributed by atoms with Crippen molar-refractivity contribution in [1.29, 1.82) is 0 Å². The van der Waals surface area contributed by atoms with Crippen molar-refractivity contribution < 1.29 is 0 Å². The maximum absolute atomic E-state index is 2.34. The number of benzene rings is 8. The molecule has 1 aliphatic carbocycles. The summed E-state index contributed by atoms with van der Waals surface area (Å²) in [6, 6.07) is 72.6. The lowest BCUT2D eigenvalue weighted by Crippen LogP contribution is -2.14. The highest BCUT2D eigenvalue weighted by Gasteiger charge is 2.36. The Bertz CT molecular complexity index is 2390. The van der Waals surface area contributed by atoms with Gasteiger partial charge in [0.2, 0.25) is 0 Å². The first kappa shape index (κ1) is 31.5. The molecule has 52 heavy (non-hydrogen) atoms. The van der Waals surface area contributed by atoms with Crippen molar-refractivity contribution in [3.8, 4) is 55.6 Å². The molecule has 1 aliphatic rings. The highest BCUT2D eigenvalue weighted by Crippen LogP contribution is 2.52. The molecule has 0 radical (unpaired) electrons. The lowest BCUT2D eigenvalue weighted by Gasteiger charge is -2.26. The van der Waals surface area contributed by atoms with Crippen LogP contribution in [0.1, 0.15) is 25.0 Å². The molecule has 0 fully saturated rings. The van der Waals surface area contributed by atoms with E-state index in [9.17, 15) is 0 Å². The third-order valence-corrected chi connectivity index (χ3v) is 10.7. The van der Waals surface area contributed by atoms with Crippen LogP contribution in [-0.2, 0) is 5.41 Å². The van der Waals surface area contributed by atoms with Crippen LogP contribution in [0.25, 0.3) is 55.6 Å². The summed E-state index contributed by atoms with van der Waals surface area (Å²) < 4.78 is 0. The van der Waals surface area contributed by atoms with Crippen molar-refractivity contribution in [1.82, 2.24) is 0 Å². The summed E-state index contributed by atoms with van der Waals surface area (Å²) >= 11 is 0. The van der Waals surface area contributed by atoms with E-state index < -0.39 is 0 Å². The van der Waals surface area contributed by atoms with E-state index in [0.29, 0.717) is 0 Å². The molecular weight excluding hydrogens is 627 g/mol. The highest BCUT2D eigenvalue weighted by molar-refractivity contribution is 5.93. The topological polar surface area (TPSA) is 3.24 Å². The zero-order valence-corrected chi connectivity index (χ0v) is 29.5. The molecule has 8 aromatic rings. The molecule has 0 atom stereocenters. The second kappa shape index (κ2) is 13.0. The van der Waals surface area contributed by atoms with Crippen LogP contribution in [0, 0.1) is 0 Å². The van der Waals surface area contributed by atoms with Gasteiger partial charge >= 0.3 is 0 Å². The van der Waals surface area contributed by atoms with Crippen LogP contribution in [-0.4, -0.2) is 0 Å². The fourth-order valence-electron chi connectivity index (χ4n) is 7.95. The van der Waals surface area contributed by atoms with Crippen LogP contribution in [0.5, 0.6) is 0 Å². The lowest BCUT2D eigenvalue weighted by molar-refractivity contribution is 0.660. The van der Waals surface area contributed by atoms with Crippen LogP contribution in [0.4, 0.5) is 17.1 Å². The summed E-state index contributed by atoms with van der Waals surface area (Å²) in [7, 11) is 0. The first-order chi connectivity index (χ1) is 25.5. The van der Waals surface area contributed by atoms with E-state index in [1.165, 1.54) is 66.8 Å². The predicted octanol–water partition coefficient (Wildman–Crippen LogP) is 14.1. The van der Waals surface area contributed by atoms with E-state index in [0.717, 1.165) is 17.1 Å². The zero-order valence-electron chi connectivity index (χ0n) is 29.5. The zero-order chi connectivity index (χ0) is 35.1. The van der Waals surface area contributed by atoms with E-state index >= 15 is 0 Å². The van der Waals surface area contributed by atoms with Crippen molar-refractivity contribution in [3.05, 3.63) is 211 Å². The van der Waals surface area contributed by atoms with Crippen molar-refractivity contribution in [2.45, 2.75) is 19.3 Å². The second-order valence-electron chi connectivity index (χ2n) is 14.2. The van der Waals surface area contributed by atoms with Gasteiger partial charge in [-0.05, 0) is 103 Å². The Labute approximate surface area is 307 Å². The summed E-state index contributed by atoms with van der Waals surface area (Å²) in [6.07, 6.45) is 0. The normalized spacial score (nSPS) is 12.6. The van der Waals surface area contributed by atoms with Crippen LogP contribution >= 0.6 is 0 Å². The summed E-state index contributed by atoms with van der Waals surface area (Å²) in [5.74, 6) is 0. The van der Waals surface area contributed by atoms with Crippen LogP contribution < -0.4 is 4.90 Å². The quantitative estimate of drug-likeness (QED) is 0.164. The van der Waals surface area contributed by atoms with Crippen molar-refractivity contribution in [2.24, 2.45) is 0 Å². The summed E-state index contributed by atoms with van der Waals surface area (Å²) in [6.45, 7) is 4.68. The highest BCUT2D eigenvalue weighted by atomic mass is 15.1. The number of rotatable bonds is 7. The fourth-order valence-corrected chi connectivity index (χ4v) is 7.95. The summed E-state index contributed by atoms with van der Waals surface area (Å²) in [5, 5.41) is 0. The Morgan fingerprint density at radius 3 is 1.12 bits per heavy atom. The number of anilines is 3. The minimum atomic E-state index is -0.00856. The Morgan fingerprint density at radius 2 is 0.635 bits per heavy atom. The molecule has 8 aromatic carbocycles. The third-order valence-electron chi connectivity index (χ3n) is 10.7. The van der Waals surface area contributed by atoms with Crippen molar-refractivity contribution >= 4 is 17.1 Å². The molecule has 0 N–H and O–H groups in total. The standard InChI is InChI=1S/C51H39N/c1-51(2)48-18-10-9-16-47(48)50-46(17-11-19-49(50)51)42-22-20-38(21-23-42)41-28-34-45(35-29-41)52(43-30-24-39(25-31-43)36-12-5-3-6-13-36)44-32-26-40(27-33-44)37-14-7-4-8-15-37/h3-35H,1-2H3. The average molecular weight is 666 g/mol. The van der Waals surface area contributed by atoms with Gasteiger partial charge in [-0.1, -0.05) is 178 Å². The predicted molar refractivity (Wildman–Crippen MR) is 220 cm³/mol. The van der Waals surface area contributed by atoms with Crippen molar-refractivity contribution in [2.75, 3.05) is 4.90 Å². The average Bonchev–Trinajstić information content (AvgIpc) is 3.46. The number of hydrogen-bond acceptors (Lipinski definition) is 1. The second-order valence-corrected chi connectivity index (χ2v) is 14.2. The molecular formula is C51H39N. The van der Waals surface area contributed by atoms with Crippen molar-refractivity contribution in [3.63, 3.8) is 0 Å². The van der Waals surface area contributed by atoms with Crippen LogP contribution in [0.15, 0.2) is 200 Å². The van der Waals surface area contributed by atoms with Gasteiger partial charge in [0.1, 0.15) is 0 Å². The first-order valence-corrected chi connectivity index (χ1v) is 18.1. The van der Waals surface area contributed by atoms with Crippen LogP contribution in [0.2, 0.25) is 0 Å². The van der Waals surface area contributed by atoms with Gasteiger partial charge in [-0.3, -0.25) is 0 Å². The van der Waals surface area contributed by atoms with Gasteiger partial charge < -0.3 is 4.90 Å². The van der Waals surface area contributed by atoms with Gasteiger partial charge in [-0.15, -0.1) is 0 Å². The Balaban J connectivity index is 1.04. The van der Waals surface area contributed by atoms with Gasteiger partial charge in [0.15, 0.2) is 0 Å². The van der Waals surface area contributed by atoms with Gasteiger partial charge in [-0.25, -0.2) is 0 Å². The minimum Gasteiger partial charge on any atom is -0.311 e. The molecule has 248 valence electrons. The number of fused-ring (bicyclic) bond motifs is 3. The molecule has 0 saturated carbocycles. The molecule has 0 aromatic heterocycles. The molecule has 9 rings (SSSR count). The van der Waals surface area contributed by atoms with Crippen LogP contribution in [0.3, 0.4) is 0 Å². The number of hydrogen-bond donors (Lipinski definition) is 0. The van der Waals surface area contributed by atoms with Gasteiger partial charge in [-0.2, -0.15) is 0 Å². The summed E-state index contributed by atoms with van der Waals surface area (Å²) in [4.78, 5) is 2.34. The molecule has 0 heterocycles. The molecule has 0 spiro atoms.